The van der Waals surface area contributed by atoms with Crippen molar-refractivity contribution in [2.45, 2.75) is 0 Å². The maximum Gasteiger partial charge on any atom is 0.0788 e. The molecule has 0 saturated carbocycles. The fraction of sp³-hybridized carbons (Fsp3) is 0. The van der Waals surface area contributed by atoms with Crippen molar-refractivity contribution in [3.63, 3.8) is 0 Å². The van der Waals surface area contributed by atoms with Crippen LogP contribution in [-0.4, -0.2) is 18.3 Å². The molecule has 0 spiro atoms. The van der Waals surface area contributed by atoms with E-state index in [4.69, 9.17) is 0 Å². The molecule has 13 rings (SSSR count). The van der Waals surface area contributed by atoms with E-state index in [9.17, 15) is 0 Å². The van der Waals surface area contributed by atoms with Crippen LogP contribution in [0.3, 0.4) is 0 Å². The molecule has 4 heteroatoms. The monoisotopic (exact) mass is 738 g/mol. The average molecular weight is 739 g/mol. The summed E-state index contributed by atoms with van der Waals surface area (Å²) in [6, 6.07) is 75.3. The fourth-order valence-electron chi connectivity index (χ4n) is 10.00. The second kappa shape index (κ2) is 11.8. The van der Waals surface area contributed by atoms with Gasteiger partial charge in [0.2, 0.25) is 0 Å². The van der Waals surface area contributed by atoms with Gasteiger partial charge >= 0.3 is 0 Å². The Bertz CT molecular complexity index is 3770. The zero-order valence-corrected chi connectivity index (χ0v) is 31.4. The molecule has 0 unspecified atom stereocenters. The molecule has 0 aliphatic carbocycles. The lowest BCUT2D eigenvalue weighted by Crippen LogP contribution is -2.00. The van der Waals surface area contributed by atoms with Gasteiger partial charge < -0.3 is 18.3 Å². The molecule has 0 aliphatic heterocycles. The average Bonchev–Trinajstić information content (AvgIpc) is 4.02. The third-order valence-electron chi connectivity index (χ3n) is 12.3. The van der Waals surface area contributed by atoms with E-state index in [1.807, 2.05) is 0 Å². The van der Waals surface area contributed by atoms with Gasteiger partial charge in [0, 0.05) is 65.8 Å². The van der Waals surface area contributed by atoms with Gasteiger partial charge in [-0.25, -0.2) is 0 Å². The van der Waals surface area contributed by atoms with Gasteiger partial charge in [-0.15, -0.1) is 0 Å². The molecule has 0 atom stereocenters. The molecular weight excluding hydrogens is 705 g/mol. The van der Waals surface area contributed by atoms with Crippen LogP contribution in [0.15, 0.2) is 206 Å². The minimum atomic E-state index is 1.12. The van der Waals surface area contributed by atoms with Crippen LogP contribution in [0.1, 0.15) is 0 Å². The predicted molar refractivity (Wildman–Crippen MR) is 244 cm³/mol. The van der Waals surface area contributed by atoms with Gasteiger partial charge in [-0.05, 0) is 78.9 Å². The van der Waals surface area contributed by atoms with E-state index in [1.54, 1.807) is 0 Å². The van der Waals surface area contributed by atoms with E-state index in [2.05, 4.69) is 225 Å². The van der Waals surface area contributed by atoms with Crippen LogP contribution in [0.2, 0.25) is 0 Å². The minimum Gasteiger partial charge on any atom is -0.309 e. The highest BCUT2D eigenvalue weighted by Gasteiger charge is 2.23. The van der Waals surface area contributed by atoms with Crippen molar-refractivity contribution in [1.29, 1.82) is 0 Å². The largest absolute Gasteiger partial charge is 0.309 e. The van der Waals surface area contributed by atoms with Crippen molar-refractivity contribution in [2.24, 2.45) is 0 Å². The number of aromatic nitrogens is 4. The van der Waals surface area contributed by atoms with Crippen molar-refractivity contribution in [1.82, 2.24) is 18.3 Å². The molecule has 0 amide bonds. The second-order valence-electron chi connectivity index (χ2n) is 15.3. The number of hydrogen-bond donors (Lipinski definition) is 0. The van der Waals surface area contributed by atoms with Gasteiger partial charge in [0.25, 0.3) is 0 Å². The first-order chi connectivity index (χ1) is 28.8. The Balaban J connectivity index is 1.10. The normalized spacial score (nSPS) is 12.1. The Labute approximate surface area is 333 Å². The molecule has 270 valence electrons. The van der Waals surface area contributed by atoms with Crippen LogP contribution in [0.4, 0.5) is 0 Å². The minimum absolute atomic E-state index is 1.12. The van der Waals surface area contributed by atoms with Crippen LogP contribution in [0, 0.1) is 0 Å². The Morgan fingerprint density at radius 3 is 1.00 bits per heavy atom. The lowest BCUT2D eigenvalue weighted by Gasteiger charge is -2.14. The Morgan fingerprint density at radius 1 is 0.190 bits per heavy atom. The summed E-state index contributed by atoms with van der Waals surface area (Å²) in [4.78, 5) is 0. The molecule has 0 fully saturated rings. The molecule has 13 aromatic rings. The van der Waals surface area contributed by atoms with Crippen LogP contribution < -0.4 is 0 Å². The summed E-state index contributed by atoms with van der Waals surface area (Å²) in [5.41, 5.74) is 14.2. The summed E-state index contributed by atoms with van der Waals surface area (Å²) in [6.45, 7) is 0. The van der Waals surface area contributed by atoms with Gasteiger partial charge in [-0.2, -0.15) is 0 Å². The lowest BCUT2D eigenvalue weighted by atomic mass is 10.1. The predicted octanol–water partition coefficient (Wildman–Crippen LogP) is 14.1. The SMILES string of the molecule is c1ccc(-n2c3ccccc3c3c2ccc2c4ccccc4n(-c4ccc(-n5c6ccccc6c6ccc7c8ccccc8n(-c8ccccc8)c7c65)cc4)c23)cc1. The zero-order chi connectivity index (χ0) is 37.9. The number of rotatable bonds is 4. The highest BCUT2D eigenvalue weighted by atomic mass is 15.1. The van der Waals surface area contributed by atoms with Gasteiger partial charge in [0.05, 0.1) is 44.1 Å². The van der Waals surface area contributed by atoms with Crippen LogP contribution >= 0.6 is 0 Å². The molecule has 9 aromatic carbocycles. The van der Waals surface area contributed by atoms with Crippen molar-refractivity contribution in [3.8, 4) is 22.7 Å². The first-order valence-electron chi connectivity index (χ1n) is 20.0. The van der Waals surface area contributed by atoms with Crippen molar-refractivity contribution in [2.75, 3.05) is 0 Å². The first kappa shape index (κ1) is 31.4. The van der Waals surface area contributed by atoms with E-state index in [-0.39, 0.29) is 0 Å². The summed E-state index contributed by atoms with van der Waals surface area (Å²) in [6.07, 6.45) is 0. The highest BCUT2D eigenvalue weighted by Crippen LogP contribution is 2.44. The van der Waals surface area contributed by atoms with Crippen LogP contribution in [0.25, 0.3) is 110 Å². The van der Waals surface area contributed by atoms with E-state index >= 15 is 0 Å². The van der Waals surface area contributed by atoms with E-state index < -0.39 is 0 Å². The summed E-state index contributed by atoms with van der Waals surface area (Å²) in [5.74, 6) is 0. The van der Waals surface area contributed by atoms with Crippen molar-refractivity contribution < 1.29 is 0 Å². The molecule has 4 heterocycles. The number of hydrogen-bond acceptors (Lipinski definition) is 0. The van der Waals surface area contributed by atoms with Gasteiger partial charge in [-0.3, -0.25) is 0 Å². The molecule has 0 aliphatic rings. The molecule has 58 heavy (non-hydrogen) atoms. The molecular formula is C54H34N4. The maximum absolute atomic E-state index is 2.48. The highest BCUT2D eigenvalue weighted by molar-refractivity contribution is 6.27. The Hall–Kier alpha value is -7.82. The third kappa shape index (κ3) is 4.18. The number of para-hydroxylation sites is 6. The summed E-state index contributed by atoms with van der Waals surface area (Å²) < 4.78 is 9.82. The van der Waals surface area contributed by atoms with E-state index in [1.165, 1.54) is 87.2 Å². The molecule has 0 N–H and O–H groups in total. The summed E-state index contributed by atoms with van der Waals surface area (Å²) in [5, 5.41) is 9.99. The van der Waals surface area contributed by atoms with E-state index in [0.29, 0.717) is 0 Å². The first-order valence-corrected chi connectivity index (χ1v) is 20.0. The number of nitrogens with zero attached hydrogens (tertiary/aromatic N) is 4. The Morgan fingerprint density at radius 2 is 0.517 bits per heavy atom. The van der Waals surface area contributed by atoms with Crippen LogP contribution in [0.5, 0.6) is 0 Å². The molecule has 0 saturated heterocycles. The fourth-order valence-corrected chi connectivity index (χ4v) is 10.00. The Kier molecular flexibility index (Phi) is 6.41. The van der Waals surface area contributed by atoms with Crippen molar-refractivity contribution >= 4 is 87.2 Å². The van der Waals surface area contributed by atoms with Crippen LogP contribution in [-0.2, 0) is 0 Å². The lowest BCUT2D eigenvalue weighted by molar-refractivity contribution is 1.13. The topological polar surface area (TPSA) is 19.7 Å². The molecule has 0 radical (unpaired) electrons. The van der Waals surface area contributed by atoms with Gasteiger partial charge in [-0.1, -0.05) is 127 Å². The van der Waals surface area contributed by atoms with Gasteiger partial charge in [0.1, 0.15) is 0 Å². The van der Waals surface area contributed by atoms with Gasteiger partial charge in [0.15, 0.2) is 0 Å². The standard InChI is InChI=1S/C54H34N4/c1-3-15-35(16-4-1)55-49-26-14-10-22-45(49)51-50(55)34-33-42-39-19-7-11-23-46(39)56(52(42)51)37-27-29-38(30-28-37)58-48-25-13-9-21-41(48)44-32-31-43-40-20-8-12-24-47(40)57(53(43)54(44)58)36-17-5-2-6-18-36/h1-34H. The number of fused-ring (bicyclic) bond motifs is 14. The molecule has 4 nitrogen and oxygen atoms in total. The summed E-state index contributed by atoms with van der Waals surface area (Å²) in [7, 11) is 0. The number of benzene rings is 9. The second-order valence-corrected chi connectivity index (χ2v) is 15.3. The zero-order valence-electron chi connectivity index (χ0n) is 31.4. The smallest absolute Gasteiger partial charge is 0.0788 e. The molecule has 4 aromatic heterocycles. The molecule has 0 bridgehead atoms. The summed E-state index contributed by atoms with van der Waals surface area (Å²) >= 11 is 0. The third-order valence-corrected chi connectivity index (χ3v) is 12.3. The van der Waals surface area contributed by atoms with Crippen molar-refractivity contribution in [3.05, 3.63) is 206 Å². The van der Waals surface area contributed by atoms with E-state index in [0.717, 1.165) is 22.7 Å². The maximum atomic E-state index is 2.48. The quantitative estimate of drug-likeness (QED) is 0.171.